The minimum atomic E-state index is -4.76. The van der Waals surface area contributed by atoms with E-state index in [-0.39, 0.29) is 31.6 Å². The molecule has 2 N–H and O–H groups in total. The van der Waals surface area contributed by atoms with Crippen molar-refractivity contribution < 1.29 is 31.4 Å². The topological polar surface area (TPSA) is 35.5 Å². The second-order valence-corrected chi connectivity index (χ2v) is 5.34. The van der Waals surface area contributed by atoms with Gasteiger partial charge >= 0.3 is 6.18 Å². The Morgan fingerprint density at radius 2 is 1.71 bits per heavy atom. The minimum absolute atomic E-state index is 0. The summed E-state index contributed by atoms with van der Waals surface area (Å²) in [5.74, 6) is -5.05. The predicted octanol–water partition coefficient (Wildman–Crippen LogP) is 2.84. The highest BCUT2D eigenvalue weighted by atomic mass is 35.5. The summed E-state index contributed by atoms with van der Waals surface area (Å²) in [6.45, 7) is -0.413. The van der Waals surface area contributed by atoms with E-state index in [1.807, 2.05) is 0 Å². The number of aliphatic hydroxyl groups is 1. The van der Waals surface area contributed by atoms with Gasteiger partial charge in [0.15, 0.2) is 0 Å². The molecule has 1 atom stereocenters. The lowest BCUT2D eigenvalue weighted by molar-refractivity contribution is -0.137. The molecule has 1 aromatic carbocycles. The molecule has 0 amide bonds. The molecule has 10 heteroatoms. The first kappa shape index (κ1) is 21.0. The van der Waals surface area contributed by atoms with Crippen molar-refractivity contribution in [1.29, 1.82) is 0 Å². The summed E-state index contributed by atoms with van der Waals surface area (Å²) in [5, 5.41) is 11.9. The van der Waals surface area contributed by atoms with Gasteiger partial charge in [0.05, 0.1) is 5.56 Å². The Morgan fingerprint density at radius 3 is 2.17 bits per heavy atom. The molecule has 1 aliphatic heterocycles. The molecule has 1 fully saturated rings. The quantitative estimate of drug-likeness (QED) is 0.791. The van der Waals surface area contributed by atoms with Gasteiger partial charge < -0.3 is 10.4 Å². The summed E-state index contributed by atoms with van der Waals surface area (Å²) in [4.78, 5) is 1.26. The Bertz CT molecular complexity index is 549. The summed E-state index contributed by atoms with van der Waals surface area (Å²) in [7, 11) is 0. The Morgan fingerprint density at radius 1 is 1.12 bits per heavy atom. The number of alkyl halides is 5. The largest absolute Gasteiger partial charge is 0.416 e. The molecular weight excluding hydrogens is 362 g/mol. The van der Waals surface area contributed by atoms with E-state index < -0.39 is 41.7 Å². The van der Waals surface area contributed by atoms with Crippen LogP contribution in [0.1, 0.15) is 17.2 Å². The highest BCUT2D eigenvalue weighted by Gasteiger charge is 2.45. The molecule has 0 spiro atoms. The number of piperazine rings is 1. The number of benzene rings is 1. The number of hydrogen-bond acceptors (Lipinski definition) is 3. The molecule has 1 aromatic rings. The second kappa shape index (κ2) is 7.90. The molecule has 3 nitrogen and oxygen atoms in total. The maximum atomic E-state index is 14.1. The van der Waals surface area contributed by atoms with E-state index in [0.717, 1.165) is 0 Å². The van der Waals surface area contributed by atoms with Crippen LogP contribution in [0.2, 0.25) is 0 Å². The minimum Gasteiger partial charge on any atom is -0.390 e. The van der Waals surface area contributed by atoms with Crippen LogP contribution < -0.4 is 5.32 Å². The van der Waals surface area contributed by atoms with Gasteiger partial charge in [-0.15, -0.1) is 12.4 Å². The van der Waals surface area contributed by atoms with Crippen molar-refractivity contribution in [2.45, 2.75) is 18.1 Å². The third-order valence-corrected chi connectivity index (χ3v) is 3.75. The lowest BCUT2D eigenvalue weighted by Crippen LogP contribution is -2.51. The van der Waals surface area contributed by atoms with Gasteiger partial charge in [-0.25, -0.2) is 13.2 Å². The van der Waals surface area contributed by atoms with Crippen LogP contribution >= 0.6 is 12.4 Å². The van der Waals surface area contributed by atoms with E-state index >= 15 is 0 Å². The smallest absolute Gasteiger partial charge is 0.390 e. The number of nitrogens with zero attached hydrogens (tertiary/aromatic N) is 1. The normalized spacial score (nSPS) is 18.1. The summed E-state index contributed by atoms with van der Waals surface area (Å²) < 4.78 is 80.0. The number of nitrogens with one attached hydrogen (secondary N) is 1. The Kier molecular flexibility index (Phi) is 6.92. The standard InChI is InChI=1S/C14H16F6N2O.ClH/c15-11-7-9(14(18,19)20)1-2-10(11)12(13(16,17)8-23)22-5-3-21-4-6-22;/h1-2,7,12,21,23H,3-6,8H2;1H/t12-;/m1./s1. The Hall–Kier alpha value is -1.03. The van der Waals surface area contributed by atoms with E-state index in [4.69, 9.17) is 5.11 Å². The summed E-state index contributed by atoms with van der Waals surface area (Å²) in [6.07, 6.45) is -4.76. The van der Waals surface area contributed by atoms with Gasteiger partial charge in [0, 0.05) is 31.7 Å². The van der Waals surface area contributed by atoms with Crippen LogP contribution in [-0.2, 0) is 6.18 Å². The first-order chi connectivity index (χ1) is 10.7. The molecule has 0 unspecified atom stereocenters. The highest BCUT2D eigenvalue weighted by Crippen LogP contribution is 2.39. The van der Waals surface area contributed by atoms with Crippen LogP contribution in [0.3, 0.4) is 0 Å². The fourth-order valence-corrected chi connectivity index (χ4v) is 2.64. The number of halogens is 7. The van der Waals surface area contributed by atoms with Crippen molar-refractivity contribution in [3.8, 4) is 0 Å². The zero-order valence-corrected chi connectivity index (χ0v) is 13.2. The third-order valence-electron chi connectivity index (χ3n) is 3.75. The van der Waals surface area contributed by atoms with Gasteiger partial charge in [-0.2, -0.15) is 13.2 Å². The van der Waals surface area contributed by atoms with Crippen LogP contribution in [0.15, 0.2) is 18.2 Å². The Balaban J connectivity index is 0.00000288. The first-order valence-electron chi connectivity index (χ1n) is 6.97. The molecule has 1 heterocycles. The summed E-state index contributed by atoms with van der Waals surface area (Å²) in [5.41, 5.74) is -1.80. The van der Waals surface area contributed by atoms with Crippen molar-refractivity contribution in [3.05, 3.63) is 35.1 Å². The zero-order chi connectivity index (χ0) is 17.3. The van der Waals surface area contributed by atoms with Gasteiger partial charge in [0.25, 0.3) is 5.92 Å². The van der Waals surface area contributed by atoms with Crippen LogP contribution in [0.5, 0.6) is 0 Å². The van der Waals surface area contributed by atoms with Crippen molar-refractivity contribution in [3.63, 3.8) is 0 Å². The molecule has 1 saturated heterocycles. The summed E-state index contributed by atoms with van der Waals surface area (Å²) >= 11 is 0. The van der Waals surface area contributed by atoms with Crippen molar-refractivity contribution >= 4 is 12.4 Å². The lowest BCUT2D eigenvalue weighted by Gasteiger charge is -2.38. The van der Waals surface area contributed by atoms with Gasteiger partial charge in [-0.1, -0.05) is 6.07 Å². The molecule has 0 bridgehead atoms. The molecule has 0 aliphatic carbocycles. The molecule has 0 aromatic heterocycles. The predicted molar refractivity (Wildman–Crippen MR) is 77.9 cm³/mol. The van der Waals surface area contributed by atoms with E-state index in [1.54, 1.807) is 0 Å². The second-order valence-electron chi connectivity index (χ2n) is 5.34. The van der Waals surface area contributed by atoms with Crippen molar-refractivity contribution in [2.75, 3.05) is 32.8 Å². The van der Waals surface area contributed by atoms with Crippen molar-refractivity contribution in [2.24, 2.45) is 0 Å². The maximum absolute atomic E-state index is 14.1. The molecule has 2 rings (SSSR count). The van der Waals surface area contributed by atoms with Gasteiger partial charge in [-0.05, 0) is 12.1 Å². The number of rotatable bonds is 4. The van der Waals surface area contributed by atoms with Crippen LogP contribution in [-0.4, -0.2) is 48.7 Å². The fourth-order valence-electron chi connectivity index (χ4n) is 2.64. The fraction of sp³-hybridized carbons (Fsp3) is 0.571. The molecule has 138 valence electrons. The molecule has 1 aliphatic rings. The van der Waals surface area contributed by atoms with Gasteiger partial charge in [-0.3, -0.25) is 4.90 Å². The number of aliphatic hydroxyl groups excluding tert-OH is 1. The van der Waals surface area contributed by atoms with E-state index in [0.29, 0.717) is 25.2 Å². The SMILES string of the molecule is Cl.OCC(F)(F)[C@@H](c1ccc(C(F)(F)F)cc1F)N1CCNCC1. The average Bonchev–Trinajstić information content (AvgIpc) is 2.49. The first-order valence-corrected chi connectivity index (χ1v) is 6.97. The van der Waals surface area contributed by atoms with Gasteiger partial charge in [0.2, 0.25) is 0 Å². The summed E-state index contributed by atoms with van der Waals surface area (Å²) in [6, 6.07) is -0.329. The zero-order valence-electron chi connectivity index (χ0n) is 12.4. The molecular formula is C14H17ClF6N2O. The Labute approximate surface area is 141 Å². The lowest BCUT2D eigenvalue weighted by atomic mass is 9.96. The van der Waals surface area contributed by atoms with Crippen molar-refractivity contribution in [1.82, 2.24) is 10.2 Å². The maximum Gasteiger partial charge on any atom is 0.416 e. The number of hydrogen-bond donors (Lipinski definition) is 2. The molecule has 0 radical (unpaired) electrons. The molecule has 24 heavy (non-hydrogen) atoms. The van der Waals surface area contributed by atoms with Gasteiger partial charge in [0.1, 0.15) is 18.5 Å². The molecule has 0 saturated carbocycles. The van der Waals surface area contributed by atoms with Crippen LogP contribution in [0.25, 0.3) is 0 Å². The monoisotopic (exact) mass is 378 g/mol. The van der Waals surface area contributed by atoms with E-state index in [2.05, 4.69) is 5.32 Å². The van der Waals surface area contributed by atoms with Crippen LogP contribution in [0.4, 0.5) is 26.3 Å². The van der Waals surface area contributed by atoms with Crippen LogP contribution in [0, 0.1) is 5.82 Å². The average molecular weight is 379 g/mol. The van der Waals surface area contributed by atoms with E-state index in [1.165, 1.54) is 4.90 Å². The third kappa shape index (κ3) is 4.53. The highest BCUT2D eigenvalue weighted by molar-refractivity contribution is 5.85. The van der Waals surface area contributed by atoms with E-state index in [9.17, 15) is 26.3 Å².